The van der Waals surface area contributed by atoms with E-state index in [1.807, 2.05) is 19.9 Å². The number of hydrogen-bond donors (Lipinski definition) is 1. The van der Waals surface area contributed by atoms with E-state index in [9.17, 15) is 22.8 Å². The Bertz CT molecular complexity index is 1080. The maximum absolute atomic E-state index is 13.1. The average Bonchev–Trinajstić information content (AvgIpc) is 3.02. The second-order valence-electron chi connectivity index (χ2n) is 9.49. The zero-order chi connectivity index (χ0) is 24.0. The minimum atomic E-state index is -3.66. The average molecular weight is 477 g/mol. The lowest BCUT2D eigenvalue weighted by molar-refractivity contribution is -0.141. The topological polar surface area (TPSA) is 107 Å². The Morgan fingerprint density at radius 2 is 1.82 bits per heavy atom. The third-order valence-corrected chi connectivity index (χ3v) is 9.39. The summed E-state index contributed by atoms with van der Waals surface area (Å²) >= 11 is 0. The van der Waals surface area contributed by atoms with E-state index < -0.39 is 21.6 Å². The molecular formula is C23H32N4O5S. The van der Waals surface area contributed by atoms with E-state index in [-0.39, 0.29) is 55.4 Å². The molecule has 0 bridgehead atoms. The van der Waals surface area contributed by atoms with Crippen LogP contribution in [0.3, 0.4) is 0 Å². The number of amides is 4. The molecule has 2 atom stereocenters. The smallest absolute Gasteiger partial charge is 0.325 e. The largest absolute Gasteiger partial charge is 0.338 e. The van der Waals surface area contributed by atoms with Crippen molar-refractivity contribution in [3.63, 3.8) is 0 Å². The third kappa shape index (κ3) is 4.14. The van der Waals surface area contributed by atoms with Gasteiger partial charge < -0.3 is 10.2 Å². The summed E-state index contributed by atoms with van der Waals surface area (Å²) in [6.45, 7) is 6.04. The summed E-state index contributed by atoms with van der Waals surface area (Å²) in [5, 5.41) is 2.86. The first-order valence-corrected chi connectivity index (χ1v) is 13.0. The highest BCUT2D eigenvalue weighted by Crippen LogP contribution is 2.38. The highest BCUT2D eigenvalue weighted by Gasteiger charge is 2.55. The van der Waals surface area contributed by atoms with Gasteiger partial charge in [-0.25, -0.2) is 13.2 Å². The van der Waals surface area contributed by atoms with Crippen LogP contribution in [0.5, 0.6) is 0 Å². The van der Waals surface area contributed by atoms with Crippen LogP contribution < -0.4 is 5.32 Å². The van der Waals surface area contributed by atoms with E-state index in [0.717, 1.165) is 29.7 Å². The number of rotatable bonds is 4. The molecule has 2 aliphatic heterocycles. The number of hydrogen-bond acceptors (Lipinski definition) is 5. The normalized spacial score (nSPS) is 26.7. The fraction of sp³-hybridized carbons (Fsp3) is 0.609. The molecule has 33 heavy (non-hydrogen) atoms. The lowest BCUT2D eigenvalue weighted by Crippen LogP contribution is -2.55. The van der Waals surface area contributed by atoms with Crippen molar-refractivity contribution >= 4 is 27.9 Å². The number of urea groups is 1. The summed E-state index contributed by atoms with van der Waals surface area (Å²) in [5.41, 5.74) is 0.656. The molecule has 2 unspecified atom stereocenters. The molecular weight excluding hydrogens is 444 g/mol. The van der Waals surface area contributed by atoms with Crippen molar-refractivity contribution in [2.24, 2.45) is 5.92 Å². The Kier molecular flexibility index (Phi) is 6.26. The summed E-state index contributed by atoms with van der Waals surface area (Å²) in [6.07, 6.45) is 3.36. The molecule has 0 radical (unpaired) electrons. The van der Waals surface area contributed by atoms with Crippen LogP contribution >= 0.6 is 0 Å². The number of carbonyl (C=O) groups is 3. The second kappa shape index (κ2) is 8.72. The van der Waals surface area contributed by atoms with Crippen LogP contribution in [0.4, 0.5) is 4.79 Å². The minimum absolute atomic E-state index is 0.0293. The summed E-state index contributed by atoms with van der Waals surface area (Å²) in [6, 6.07) is 4.82. The number of aryl methyl sites for hydroxylation is 2. The number of carbonyl (C=O) groups excluding carboxylic acids is 3. The number of benzene rings is 1. The summed E-state index contributed by atoms with van der Waals surface area (Å²) in [7, 11) is -3.66. The van der Waals surface area contributed by atoms with Crippen molar-refractivity contribution < 1.29 is 22.8 Å². The number of nitrogens with one attached hydrogen (secondary N) is 1. The van der Waals surface area contributed by atoms with Crippen LogP contribution in [0.1, 0.15) is 43.7 Å². The molecule has 1 spiro atoms. The molecule has 0 aromatic heterocycles. The van der Waals surface area contributed by atoms with Gasteiger partial charge in [0.2, 0.25) is 15.9 Å². The quantitative estimate of drug-likeness (QED) is 0.665. The first-order valence-electron chi connectivity index (χ1n) is 11.6. The number of piperazine rings is 1. The van der Waals surface area contributed by atoms with E-state index in [0.29, 0.717) is 12.0 Å². The molecule has 1 aliphatic carbocycles. The van der Waals surface area contributed by atoms with E-state index in [1.54, 1.807) is 19.1 Å². The molecule has 1 saturated carbocycles. The molecule has 9 nitrogen and oxygen atoms in total. The maximum atomic E-state index is 13.1. The van der Waals surface area contributed by atoms with Crippen LogP contribution in [0.15, 0.2) is 23.1 Å². The van der Waals surface area contributed by atoms with Gasteiger partial charge in [0.15, 0.2) is 0 Å². The van der Waals surface area contributed by atoms with Gasteiger partial charge in [0.05, 0.1) is 4.90 Å². The van der Waals surface area contributed by atoms with Crippen LogP contribution in [0.2, 0.25) is 0 Å². The van der Waals surface area contributed by atoms with E-state index in [4.69, 9.17) is 0 Å². The molecule has 1 N–H and O–H groups in total. The van der Waals surface area contributed by atoms with Gasteiger partial charge in [-0.05, 0) is 49.8 Å². The number of imide groups is 1. The highest BCUT2D eigenvalue weighted by molar-refractivity contribution is 7.89. The Morgan fingerprint density at radius 3 is 2.48 bits per heavy atom. The van der Waals surface area contributed by atoms with Crippen molar-refractivity contribution in [1.29, 1.82) is 0 Å². The molecule has 1 aromatic rings. The van der Waals surface area contributed by atoms with Gasteiger partial charge in [0.25, 0.3) is 5.91 Å². The zero-order valence-corrected chi connectivity index (χ0v) is 20.3. The van der Waals surface area contributed by atoms with Crippen LogP contribution in [-0.4, -0.2) is 78.6 Å². The number of sulfonamides is 1. The molecule has 3 fully saturated rings. The zero-order valence-electron chi connectivity index (χ0n) is 19.5. The summed E-state index contributed by atoms with van der Waals surface area (Å²) in [4.78, 5) is 41.4. The molecule has 1 aromatic carbocycles. The molecule has 4 rings (SSSR count). The van der Waals surface area contributed by atoms with Gasteiger partial charge in [0.1, 0.15) is 12.1 Å². The minimum Gasteiger partial charge on any atom is -0.338 e. The molecule has 2 saturated heterocycles. The van der Waals surface area contributed by atoms with Crippen LogP contribution in [0, 0.1) is 19.8 Å². The Hall–Kier alpha value is -2.46. The van der Waals surface area contributed by atoms with Gasteiger partial charge in [-0.1, -0.05) is 31.9 Å². The summed E-state index contributed by atoms with van der Waals surface area (Å²) in [5.74, 6) is -0.631. The van der Waals surface area contributed by atoms with Gasteiger partial charge in [-0.2, -0.15) is 4.31 Å². The van der Waals surface area contributed by atoms with Crippen molar-refractivity contribution in [2.75, 3.05) is 32.7 Å². The fourth-order valence-electron chi connectivity index (χ4n) is 5.18. The highest BCUT2D eigenvalue weighted by atomic mass is 32.2. The molecule has 4 amide bonds. The molecule has 3 aliphatic rings. The fourth-order valence-corrected chi connectivity index (χ4v) is 6.91. The maximum Gasteiger partial charge on any atom is 0.325 e. The predicted octanol–water partition coefficient (Wildman–Crippen LogP) is 1.64. The second-order valence-corrected chi connectivity index (χ2v) is 11.4. The Labute approximate surface area is 195 Å². The van der Waals surface area contributed by atoms with E-state index in [1.165, 1.54) is 9.21 Å². The Balaban J connectivity index is 1.39. The van der Waals surface area contributed by atoms with Crippen molar-refractivity contribution in [2.45, 2.75) is 56.9 Å². The van der Waals surface area contributed by atoms with E-state index in [2.05, 4.69) is 5.32 Å². The molecule has 10 heteroatoms. The van der Waals surface area contributed by atoms with Crippen molar-refractivity contribution in [1.82, 2.24) is 19.4 Å². The lowest BCUT2D eigenvalue weighted by Gasteiger charge is -2.37. The number of nitrogens with zero attached hydrogens (tertiary/aromatic N) is 3. The molecule has 180 valence electrons. The monoisotopic (exact) mass is 476 g/mol. The lowest BCUT2D eigenvalue weighted by atomic mass is 9.73. The standard InChI is InChI=1S/C23H32N4O5S/c1-16-7-8-17(2)19(14-16)33(31,32)26-12-10-25(11-13-26)20(28)15-27-21(29)23(24-22(27)30)9-5-4-6-18(23)3/h7-8,14,18H,4-6,9-13,15H2,1-3H3,(H,24,30). The first-order chi connectivity index (χ1) is 15.6. The van der Waals surface area contributed by atoms with Gasteiger partial charge >= 0.3 is 6.03 Å². The van der Waals surface area contributed by atoms with Gasteiger partial charge in [-0.3, -0.25) is 14.5 Å². The van der Waals surface area contributed by atoms with Crippen LogP contribution in [-0.2, 0) is 19.6 Å². The third-order valence-electron chi connectivity index (χ3n) is 7.35. The summed E-state index contributed by atoms with van der Waals surface area (Å²) < 4.78 is 27.6. The van der Waals surface area contributed by atoms with Crippen molar-refractivity contribution in [3.8, 4) is 0 Å². The Morgan fingerprint density at radius 1 is 1.12 bits per heavy atom. The predicted molar refractivity (Wildman–Crippen MR) is 122 cm³/mol. The van der Waals surface area contributed by atoms with Crippen molar-refractivity contribution in [3.05, 3.63) is 29.3 Å². The van der Waals surface area contributed by atoms with Gasteiger partial charge in [-0.15, -0.1) is 0 Å². The van der Waals surface area contributed by atoms with Crippen LogP contribution in [0.25, 0.3) is 0 Å². The first kappa shape index (κ1) is 23.7. The molecule has 2 heterocycles. The SMILES string of the molecule is Cc1ccc(C)c(S(=O)(=O)N2CCN(C(=O)CN3C(=O)NC4(CCCCC4C)C3=O)CC2)c1. The van der Waals surface area contributed by atoms with E-state index >= 15 is 0 Å². The van der Waals surface area contributed by atoms with Gasteiger partial charge in [0, 0.05) is 26.2 Å².